The van der Waals surface area contributed by atoms with Crippen LogP contribution in [0.5, 0.6) is 0 Å². The minimum atomic E-state index is -0.483. The fourth-order valence-corrected chi connectivity index (χ4v) is 2.61. The number of carbonyl (C=O) groups excluding carboxylic acids is 1. The first-order chi connectivity index (χ1) is 10.1. The summed E-state index contributed by atoms with van der Waals surface area (Å²) in [4.78, 5) is 11.7. The number of hydrogen-bond donors (Lipinski definition) is 2. The topological polar surface area (TPSA) is 64.3 Å². The van der Waals surface area contributed by atoms with Gasteiger partial charge >= 0.3 is 0 Å². The summed E-state index contributed by atoms with van der Waals surface area (Å²) in [5, 5.41) is 2.68. The van der Waals surface area contributed by atoms with Gasteiger partial charge in [-0.2, -0.15) is 0 Å². The molecule has 0 spiro atoms. The van der Waals surface area contributed by atoms with Gasteiger partial charge in [-0.15, -0.1) is 0 Å². The van der Waals surface area contributed by atoms with Gasteiger partial charge in [-0.3, -0.25) is 4.79 Å². The monoisotopic (exact) mass is 294 g/mol. The summed E-state index contributed by atoms with van der Waals surface area (Å²) < 4.78 is 18.6. The summed E-state index contributed by atoms with van der Waals surface area (Å²) >= 11 is 0. The molecular formula is C16H23FN2O2. The maximum atomic E-state index is 13.0. The van der Waals surface area contributed by atoms with E-state index in [2.05, 4.69) is 5.32 Å². The minimum absolute atomic E-state index is 0.0290. The summed E-state index contributed by atoms with van der Waals surface area (Å²) in [5.74, 6) is 0.0205. The van der Waals surface area contributed by atoms with Crippen molar-refractivity contribution in [3.8, 4) is 0 Å². The first kappa shape index (κ1) is 15.8. The zero-order chi connectivity index (χ0) is 15.1. The molecule has 1 aromatic rings. The Balaban J connectivity index is 1.63. The van der Waals surface area contributed by atoms with E-state index >= 15 is 0 Å². The summed E-state index contributed by atoms with van der Waals surface area (Å²) in [5.41, 5.74) is 5.98. The number of nitrogens with one attached hydrogen (secondary N) is 1. The Morgan fingerprint density at radius 3 is 2.81 bits per heavy atom. The molecule has 2 rings (SSSR count). The van der Waals surface area contributed by atoms with E-state index in [1.54, 1.807) is 0 Å². The van der Waals surface area contributed by atoms with Crippen molar-refractivity contribution in [3.05, 3.63) is 24.0 Å². The highest BCUT2D eigenvalue weighted by Crippen LogP contribution is 2.23. The number of rotatable bonds is 6. The zero-order valence-corrected chi connectivity index (χ0v) is 12.2. The predicted octanol–water partition coefficient (Wildman–Crippen LogP) is 3.33. The maximum absolute atomic E-state index is 13.0. The Morgan fingerprint density at radius 2 is 2.10 bits per heavy atom. The molecular weight excluding hydrogens is 271 g/mol. The van der Waals surface area contributed by atoms with E-state index in [4.69, 9.17) is 10.5 Å². The van der Waals surface area contributed by atoms with Crippen LogP contribution in [0.15, 0.2) is 18.2 Å². The second kappa shape index (κ2) is 7.98. The summed E-state index contributed by atoms with van der Waals surface area (Å²) in [7, 11) is 0. The minimum Gasteiger partial charge on any atom is -0.396 e. The lowest BCUT2D eigenvalue weighted by Gasteiger charge is -2.21. The van der Waals surface area contributed by atoms with Gasteiger partial charge in [0, 0.05) is 12.3 Å². The van der Waals surface area contributed by atoms with E-state index in [9.17, 15) is 9.18 Å². The van der Waals surface area contributed by atoms with Gasteiger partial charge in [0.25, 0.3) is 0 Å². The third-order valence-electron chi connectivity index (χ3n) is 3.83. The maximum Gasteiger partial charge on any atom is 0.226 e. The number of hydrogen-bond acceptors (Lipinski definition) is 3. The van der Waals surface area contributed by atoms with Crippen molar-refractivity contribution in [2.75, 3.05) is 24.3 Å². The summed E-state index contributed by atoms with van der Waals surface area (Å²) in [6.45, 7) is 1.16. The molecule has 0 unspecified atom stereocenters. The largest absolute Gasteiger partial charge is 0.396 e. The van der Waals surface area contributed by atoms with Gasteiger partial charge in [0.2, 0.25) is 5.91 Å². The number of anilines is 2. The average molecular weight is 294 g/mol. The van der Waals surface area contributed by atoms with Gasteiger partial charge in [0.15, 0.2) is 0 Å². The van der Waals surface area contributed by atoms with Crippen molar-refractivity contribution in [1.29, 1.82) is 0 Å². The molecule has 0 radical (unpaired) electrons. The van der Waals surface area contributed by atoms with Crippen LogP contribution in [0.3, 0.4) is 0 Å². The van der Waals surface area contributed by atoms with Crippen molar-refractivity contribution in [2.24, 2.45) is 5.92 Å². The Bertz CT molecular complexity index is 473. The number of nitrogen functional groups attached to an aromatic ring is 1. The molecule has 1 amide bonds. The van der Waals surface area contributed by atoms with E-state index in [1.807, 2.05) is 0 Å². The van der Waals surface area contributed by atoms with Crippen LogP contribution in [0.1, 0.15) is 38.5 Å². The highest BCUT2D eigenvalue weighted by Gasteiger charge is 2.13. The van der Waals surface area contributed by atoms with Crippen LogP contribution in [0, 0.1) is 11.7 Å². The second-order valence-corrected chi connectivity index (χ2v) is 5.61. The fourth-order valence-electron chi connectivity index (χ4n) is 2.61. The molecule has 4 nitrogen and oxygen atoms in total. The van der Waals surface area contributed by atoms with E-state index in [-0.39, 0.29) is 11.6 Å². The van der Waals surface area contributed by atoms with Crippen LogP contribution in [0.4, 0.5) is 15.8 Å². The molecule has 1 fully saturated rings. The van der Waals surface area contributed by atoms with E-state index in [0.29, 0.717) is 24.6 Å². The lowest BCUT2D eigenvalue weighted by Crippen LogP contribution is -2.17. The van der Waals surface area contributed by atoms with Crippen molar-refractivity contribution in [3.63, 3.8) is 0 Å². The highest BCUT2D eigenvalue weighted by atomic mass is 19.1. The van der Waals surface area contributed by atoms with Gasteiger partial charge < -0.3 is 15.8 Å². The number of halogens is 1. The lowest BCUT2D eigenvalue weighted by molar-refractivity contribution is -0.117. The van der Waals surface area contributed by atoms with Gasteiger partial charge in [-0.1, -0.05) is 19.3 Å². The molecule has 116 valence electrons. The quantitative estimate of drug-likeness (QED) is 0.625. The Morgan fingerprint density at radius 1 is 1.33 bits per heavy atom. The van der Waals surface area contributed by atoms with Crippen molar-refractivity contribution in [1.82, 2.24) is 0 Å². The number of carbonyl (C=O) groups is 1. The number of nitrogens with two attached hydrogens (primary N) is 1. The van der Waals surface area contributed by atoms with Crippen LogP contribution in [0.2, 0.25) is 0 Å². The van der Waals surface area contributed by atoms with Crippen LogP contribution in [-0.2, 0) is 9.53 Å². The van der Waals surface area contributed by atoms with Crippen LogP contribution < -0.4 is 11.1 Å². The molecule has 1 aliphatic rings. The van der Waals surface area contributed by atoms with E-state index < -0.39 is 5.82 Å². The molecule has 3 N–H and O–H groups in total. The molecule has 0 heterocycles. The molecule has 0 bridgehead atoms. The smallest absolute Gasteiger partial charge is 0.226 e. The normalized spacial score (nSPS) is 15.9. The van der Waals surface area contributed by atoms with Crippen molar-refractivity contribution < 1.29 is 13.9 Å². The van der Waals surface area contributed by atoms with E-state index in [1.165, 1.54) is 50.3 Å². The molecule has 0 aromatic heterocycles. The number of ether oxygens (including phenoxy) is 1. The van der Waals surface area contributed by atoms with Gasteiger partial charge in [0.1, 0.15) is 5.82 Å². The molecule has 0 aliphatic heterocycles. The molecule has 5 heteroatoms. The Kier molecular flexibility index (Phi) is 5.99. The Labute approximate surface area is 124 Å². The van der Waals surface area contributed by atoms with Crippen molar-refractivity contribution >= 4 is 17.3 Å². The number of benzene rings is 1. The van der Waals surface area contributed by atoms with Crippen LogP contribution in [-0.4, -0.2) is 19.1 Å². The molecule has 21 heavy (non-hydrogen) atoms. The molecule has 1 aliphatic carbocycles. The zero-order valence-electron chi connectivity index (χ0n) is 12.2. The highest BCUT2D eigenvalue weighted by molar-refractivity contribution is 5.91. The average Bonchev–Trinajstić information content (AvgIpc) is 2.49. The van der Waals surface area contributed by atoms with Gasteiger partial charge in [0.05, 0.1) is 18.7 Å². The SMILES string of the molecule is Nc1cc(NC(=O)CCOCC2CCCCC2)ccc1F. The first-order valence-electron chi connectivity index (χ1n) is 7.58. The van der Waals surface area contributed by atoms with Gasteiger partial charge in [-0.25, -0.2) is 4.39 Å². The van der Waals surface area contributed by atoms with Gasteiger partial charge in [-0.05, 0) is 37.0 Å². The molecule has 1 saturated carbocycles. The molecule has 0 atom stereocenters. The lowest BCUT2D eigenvalue weighted by atomic mass is 9.90. The third kappa shape index (κ3) is 5.34. The second-order valence-electron chi connectivity index (χ2n) is 5.61. The summed E-state index contributed by atoms with van der Waals surface area (Å²) in [6.07, 6.45) is 6.69. The Hall–Kier alpha value is -1.62. The molecule has 1 aromatic carbocycles. The first-order valence-corrected chi connectivity index (χ1v) is 7.58. The predicted molar refractivity (Wildman–Crippen MR) is 81.5 cm³/mol. The third-order valence-corrected chi connectivity index (χ3v) is 3.83. The van der Waals surface area contributed by atoms with Crippen molar-refractivity contribution in [2.45, 2.75) is 38.5 Å². The van der Waals surface area contributed by atoms with E-state index in [0.717, 1.165) is 6.61 Å². The van der Waals surface area contributed by atoms with Crippen LogP contribution in [0.25, 0.3) is 0 Å². The fraction of sp³-hybridized carbons (Fsp3) is 0.562. The molecule has 0 saturated heterocycles. The number of amides is 1. The summed E-state index contributed by atoms with van der Waals surface area (Å²) in [6, 6.07) is 4.15. The standard InChI is InChI=1S/C16H23FN2O2/c17-14-7-6-13(10-15(14)18)19-16(20)8-9-21-11-12-4-2-1-3-5-12/h6-7,10,12H,1-5,8-9,11,18H2,(H,19,20). The van der Waals surface area contributed by atoms with Crippen LogP contribution >= 0.6 is 0 Å².